The van der Waals surface area contributed by atoms with E-state index in [1.807, 2.05) is 0 Å². The Hall–Kier alpha value is -2.09. The molecule has 96 valence electrons. The van der Waals surface area contributed by atoms with Crippen molar-refractivity contribution < 1.29 is 23.1 Å². The third-order valence-electron chi connectivity index (χ3n) is 2.30. The van der Waals surface area contributed by atoms with Crippen LogP contribution in [-0.2, 0) is 14.8 Å². The number of carboxylic acids is 1. The van der Waals surface area contributed by atoms with E-state index in [1.165, 1.54) is 19.2 Å². The molecular weight excluding hydrogens is 260 g/mol. The van der Waals surface area contributed by atoms with E-state index in [4.69, 9.17) is 9.84 Å². The Morgan fingerprint density at radius 3 is 2.83 bits per heavy atom. The average Bonchev–Trinajstić information content (AvgIpc) is 2.26. The first-order valence-corrected chi connectivity index (χ1v) is 6.37. The summed E-state index contributed by atoms with van der Waals surface area (Å²) in [6.07, 6.45) is -0.503. The predicted octanol–water partition coefficient (Wildman–Crippen LogP) is 0.683. The van der Waals surface area contributed by atoms with Crippen LogP contribution in [0.2, 0.25) is 0 Å². The highest BCUT2D eigenvalue weighted by molar-refractivity contribution is 7.90. The van der Waals surface area contributed by atoms with E-state index in [-0.39, 0.29) is 16.4 Å². The molecule has 0 spiro atoms. The normalized spacial score (nSPS) is 16.2. The van der Waals surface area contributed by atoms with Gasteiger partial charge in [0, 0.05) is 0 Å². The largest absolute Gasteiger partial charge is 0.495 e. The smallest absolute Gasteiger partial charge is 0.311 e. The highest BCUT2D eigenvalue weighted by Crippen LogP contribution is 2.35. The van der Waals surface area contributed by atoms with Crippen LogP contribution in [0.5, 0.6) is 5.75 Å². The number of sulfonamides is 1. The second-order valence-corrected chi connectivity index (χ2v) is 5.11. The van der Waals surface area contributed by atoms with Crippen LogP contribution in [0.4, 0.5) is 5.69 Å². The summed E-state index contributed by atoms with van der Waals surface area (Å²) in [4.78, 5) is 10.6. The minimum atomic E-state index is -3.89. The maximum Gasteiger partial charge on any atom is 0.311 e. The summed E-state index contributed by atoms with van der Waals surface area (Å²) in [5, 5.41) is 11.3. The van der Waals surface area contributed by atoms with Crippen molar-refractivity contribution >= 4 is 27.5 Å². The predicted molar refractivity (Wildman–Crippen MR) is 63.5 cm³/mol. The number of carbonyl (C=O) groups is 1. The van der Waals surface area contributed by atoms with Crippen LogP contribution in [-0.4, -0.2) is 32.4 Å². The Labute approximate surface area is 103 Å². The van der Waals surface area contributed by atoms with Gasteiger partial charge in [-0.05, 0) is 12.1 Å². The lowest BCUT2D eigenvalue weighted by atomic mass is 10.2. The fourth-order valence-electron chi connectivity index (χ4n) is 1.60. The Bertz CT molecular complexity index is 636. The highest BCUT2D eigenvalue weighted by atomic mass is 32.2. The van der Waals surface area contributed by atoms with Crippen molar-refractivity contribution in [3.05, 3.63) is 18.2 Å². The number of carboxylic acid groups (broad SMARTS) is 1. The molecule has 0 saturated heterocycles. The first-order valence-electron chi connectivity index (χ1n) is 4.93. The number of para-hydroxylation sites is 1. The molecule has 2 rings (SSSR count). The standard InChI is InChI=1S/C10H10N2O5S/c1-17-6-3-2-4-7-10(6)11-8(5-9(13)14)12-18(7,15)16/h2-4H,5H2,1H3,(H,11,12)(H,13,14). The molecule has 2 N–H and O–H groups in total. The number of amidine groups is 1. The lowest BCUT2D eigenvalue weighted by molar-refractivity contribution is -0.135. The van der Waals surface area contributed by atoms with E-state index >= 15 is 0 Å². The van der Waals surface area contributed by atoms with Crippen molar-refractivity contribution in [3.8, 4) is 5.75 Å². The molecule has 0 bridgehead atoms. The molecule has 1 aromatic rings. The molecule has 0 aliphatic carbocycles. The van der Waals surface area contributed by atoms with Gasteiger partial charge in [-0.2, -0.15) is 8.42 Å². The zero-order chi connectivity index (χ0) is 13.3. The summed E-state index contributed by atoms with van der Waals surface area (Å²) in [5.74, 6) is -0.997. The summed E-state index contributed by atoms with van der Waals surface area (Å²) < 4.78 is 32.2. The second-order valence-electron chi connectivity index (χ2n) is 3.54. The van der Waals surface area contributed by atoms with Gasteiger partial charge in [-0.25, -0.2) is 0 Å². The molecule has 18 heavy (non-hydrogen) atoms. The number of aliphatic carboxylic acids is 1. The number of anilines is 1. The van der Waals surface area contributed by atoms with Gasteiger partial charge in [0.25, 0.3) is 10.0 Å². The van der Waals surface area contributed by atoms with Crippen molar-refractivity contribution in [2.24, 2.45) is 4.40 Å². The van der Waals surface area contributed by atoms with Gasteiger partial charge < -0.3 is 15.2 Å². The van der Waals surface area contributed by atoms with Crippen molar-refractivity contribution in [1.29, 1.82) is 0 Å². The Morgan fingerprint density at radius 1 is 1.50 bits per heavy atom. The summed E-state index contributed by atoms with van der Waals surface area (Å²) in [6.45, 7) is 0. The minimum Gasteiger partial charge on any atom is -0.495 e. The molecule has 0 radical (unpaired) electrons. The SMILES string of the molecule is COc1cccc2c1NC(CC(=O)O)=NS2(=O)=O. The quantitative estimate of drug-likeness (QED) is 0.836. The fraction of sp³-hybridized carbons (Fsp3) is 0.200. The number of nitrogens with one attached hydrogen (secondary N) is 1. The fourth-order valence-corrected chi connectivity index (χ4v) is 2.76. The minimum absolute atomic E-state index is 0.0315. The molecule has 0 amide bonds. The molecule has 1 aliphatic heterocycles. The van der Waals surface area contributed by atoms with Gasteiger partial charge in [0.2, 0.25) is 0 Å². The second kappa shape index (κ2) is 4.30. The van der Waals surface area contributed by atoms with Gasteiger partial charge in [-0.3, -0.25) is 4.79 Å². The van der Waals surface area contributed by atoms with E-state index in [0.29, 0.717) is 5.75 Å². The molecule has 8 heteroatoms. The molecule has 0 aromatic heterocycles. The number of methoxy groups -OCH3 is 1. The molecule has 1 aliphatic rings. The number of hydrogen-bond donors (Lipinski definition) is 2. The first kappa shape index (κ1) is 12.4. The molecule has 0 saturated carbocycles. The molecule has 1 aromatic carbocycles. The third-order valence-corrected chi connectivity index (χ3v) is 3.66. The number of rotatable bonds is 3. The number of ether oxygens (including phenoxy) is 1. The topological polar surface area (TPSA) is 105 Å². The third kappa shape index (κ3) is 2.14. The van der Waals surface area contributed by atoms with Gasteiger partial charge in [-0.15, -0.1) is 4.40 Å². The molecule has 0 unspecified atom stereocenters. The van der Waals surface area contributed by atoms with Crippen LogP contribution in [0.25, 0.3) is 0 Å². The Morgan fingerprint density at radius 2 is 2.22 bits per heavy atom. The summed E-state index contributed by atoms with van der Waals surface area (Å²) >= 11 is 0. The molecule has 0 fully saturated rings. The lowest BCUT2D eigenvalue weighted by Gasteiger charge is -2.19. The molecule has 7 nitrogen and oxygen atoms in total. The number of benzene rings is 1. The monoisotopic (exact) mass is 270 g/mol. The van der Waals surface area contributed by atoms with Gasteiger partial charge in [0.05, 0.1) is 7.11 Å². The summed E-state index contributed by atoms with van der Waals surface area (Å²) in [6, 6.07) is 4.47. The highest BCUT2D eigenvalue weighted by Gasteiger charge is 2.27. The Balaban J connectivity index is 2.55. The first-order chi connectivity index (χ1) is 8.44. The van der Waals surface area contributed by atoms with Gasteiger partial charge >= 0.3 is 5.97 Å². The van der Waals surface area contributed by atoms with E-state index in [1.54, 1.807) is 6.07 Å². The van der Waals surface area contributed by atoms with E-state index < -0.39 is 22.4 Å². The van der Waals surface area contributed by atoms with Crippen molar-refractivity contribution in [3.63, 3.8) is 0 Å². The lowest BCUT2D eigenvalue weighted by Crippen LogP contribution is -2.24. The zero-order valence-electron chi connectivity index (χ0n) is 9.37. The molecular formula is C10H10N2O5S. The number of fused-ring (bicyclic) bond motifs is 1. The maximum absolute atomic E-state index is 11.9. The maximum atomic E-state index is 11.9. The summed E-state index contributed by atoms with van der Waals surface area (Å²) in [7, 11) is -2.49. The van der Waals surface area contributed by atoms with Crippen LogP contribution in [0.1, 0.15) is 6.42 Å². The van der Waals surface area contributed by atoms with Crippen molar-refractivity contribution in [2.45, 2.75) is 11.3 Å². The van der Waals surface area contributed by atoms with Crippen LogP contribution in [0.15, 0.2) is 27.5 Å². The van der Waals surface area contributed by atoms with E-state index in [9.17, 15) is 13.2 Å². The van der Waals surface area contributed by atoms with Gasteiger partial charge in [-0.1, -0.05) is 6.07 Å². The Kier molecular flexibility index (Phi) is 2.95. The average molecular weight is 270 g/mol. The number of hydrogen-bond acceptors (Lipinski definition) is 5. The van der Waals surface area contributed by atoms with Gasteiger partial charge in [0.1, 0.15) is 28.6 Å². The van der Waals surface area contributed by atoms with Crippen LogP contribution < -0.4 is 10.1 Å². The van der Waals surface area contributed by atoms with E-state index in [2.05, 4.69) is 9.71 Å². The van der Waals surface area contributed by atoms with Crippen LogP contribution >= 0.6 is 0 Å². The zero-order valence-corrected chi connectivity index (χ0v) is 10.2. The van der Waals surface area contributed by atoms with Crippen molar-refractivity contribution in [1.82, 2.24) is 0 Å². The molecule has 0 atom stereocenters. The molecule has 1 heterocycles. The van der Waals surface area contributed by atoms with E-state index in [0.717, 1.165) is 0 Å². The van der Waals surface area contributed by atoms with Crippen molar-refractivity contribution in [2.75, 3.05) is 12.4 Å². The summed E-state index contributed by atoms with van der Waals surface area (Å²) in [5.41, 5.74) is 0.214. The van der Waals surface area contributed by atoms with Crippen LogP contribution in [0, 0.1) is 0 Å². The number of nitrogens with zero attached hydrogens (tertiary/aromatic N) is 1. The van der Waals surface area contributed by atoms with Crippen LogP contribution in [0.3, 0.4) is 0 Å². The van der Waals surface area contributed by atoms with Gasteiger partial charge in [0.15, 0.2) is 0 Å².